The van der Waals surface area contributed by atoms with Crippen LogP contribution in [0.15, 0.2) is 51.7 Å². The fourth-order valence-electron chi connectivity index (χ4n) is 1.96. The number of hydrogen-bond donors (Lipinski definition) is 1. The first-order chi connectivity index (χ1) is 9.66. The molecule has 2 N–H and O–H groups in total. The molecule has 100 valence electrons. The molecule has 6 heteroatoms. The molecule has 0 aliphatic carbocycles. The van der Waals surface area contributed by atoms with Crippen LogP contribution >= 0.6 is 27.5 Å². The first-order valence-corrected chi connectivity index (χ1v) is 6.95. The minimum Gasteiger partial charge on any atom is -0.367 e. The Hall–Kier alpha value is -1.85. The van der Waals surface area contributed by atoms with Gasteiger partial charge in [0.15, 0.2) is 0 Å². The standard InChI is InChI=1S/C14H9BrClN3O/c15-9-1-2-11(16)10(7-9)13-12(14(17)20-19-13)8-3-5-18-6-4-8/h1-7H,17H2. The lowest BCUT2D eigenvalue weighted by Gasteiger charge is -2.05. The highest BCUT2D eigenvalue weighted by Crippen LogP contribution is 2.39. The van der Waals surface area contributed by atoms with Crippen molar-refractivity contribution < 1.29 is 4.52 Å². The Balaban J connectivity index is 2.24. The van der Waals surface area contributed by atoms with Gasteiger partial charge in [0.05, 0.1) is 10.6 Å². The Morgan fingerprint density at radius 3 is 2.65 bits per heavy atom. The van der Waals surface area contributed by atoms with Crippen molar-refractivity contribution in [2.75, 3.05) is 5.73 Å². The van der Waals surface area contributed by atoms with E-state index in [-0.39, 0.29) is 5.88 Å². The summed E-state index contributed by atoms with van der Waals surface area (Å²) in [6, 6.07) is 9.23. The molecule has 0 spiro atoms. The van der Waals surface area contributed by atoms with E-state index >= 15 is 0 Å². The summed E-state index contributed by atoms with van der Waals surface area (Å²) in [5, 5.41) is 4.62. The smallest absolute Gasteiger partial charge is 0.230 e. The fourth-order valence-corrected chi connectivity index (χ4v) is 2.53. The number of rotatable bonds is 2. The van der Waals surface area contributed by atoms with Gasteiger partial charge in [-0.1, -0.05) is 32.7 Å². The third-order valence-corrected chi connectivity index (χ3v) is 3.69. The highest BCUT2D eigenvalue weighted by Gasteiger charge is 2.19. The summed E-state index contributed by atoms with van der Waals surface area (Å²) in [7, 11) is 0. The molecule has 2 aromatic heterocycles. The first-order valence-electron chi connectivity index (χ1n) is 5.78. The van der Waals surface area contributed by atoms with Crippen molar-refractivity contribution in [1.82, 2.24) is 10.1 Å². The molecule has 20 heavy (non-hydrogen) atoms. The summed E-state index contributed by atoms with van der Waals surface area (Å²) < 4.78 is 6.03. The molecule has 0 fully saturated rings. The Bertz CT molecular complexity index is 758. The lowest BCUT2D eigenvalue weighted by Crippen LogP contribution is -1.88. The monoisotopic (exact) mass is 349 g/mol. The van der Waals surface area contributed by atoms with Crippen LogP contribution < -0.4 is 5.73 Å². The van der Waals surface area contributed by atoms with Crippen LogP contribution in [0.25, 0.3) is 22.4 Å². The van der Waals surface area contributed by atoms with Crippen molar-refractivity contribution in [3.63, 3.8) is 0 Å². The Labute approximate surface area is 128 Å². The molecule has 0 bridgehead atoms. The molecule has 4 nitrogen and oxygen atoms in total. The molecule has 1 aromatic carbocycles. The lowest BCUT2D eigenvalue weighted by molar-refractivity contribution is 0.439. The Morgan fingerprint density at radius 2 is 1.90 bits per heavy atom. The van der Waals surface area contributed by atoms with Gasteiger partial charge in [0.1, 0.15) is 5.69 Å². The van der Waals surface area contributed by atoms with Crippen LogP contribution in [-0.4, -0.2) is 10.1 Å². The number of anilines is 1. The third kappa shape index (κ3) is 2.30. The quantitative estimate of drug-likeness (QED) is 0.744. The van der Waals surface area contributed by atoms with Crippen LogP contribution in [-0.2, 0) is 0 Å². The average molecular weight is 351 g/mol. The van der Waals surface area contributed by atoms with Gasteiger partial charge in [0.2, 0.25) is 5.88 Å². The Morgan fingerprint density at radius 1 is 1.15 bits per heavy atom. The van der Waals surface area contributed by atoms with E-state index in [1.165, 1.54) is 0 Å². The van der Waals surface area contributed by atoms with E-state index < -0.39 is 0 Å². The normalized spacial score (nSPS) is 10.7. The van der Waals surface area contributed by atoms with Gasteiger partial charge in [-0.25, -0.2) is 0 Å². The zero-order valence-corrected chi connectivity index (χ0v) is 12.5. The van der Waals surface area contributed by atoms with Crippen molar-refractivity contribution >= 4 is 33.4 Å². The number of pyridine rings is 1. The van der Waals surface area contributed by atoms with Crippen LogP contribution in [0.2, 0.25) is 5.02 Å². The average Bonchev–Trinajstić information content (AvgIpc) is 2.84. The number of benzene rings is 1. The molecule has 0 radical (unpaired) electrons. The van der Waals surface area contributed by atoms with E-state index in [9.17, 15) is 0 Å². The van der Waals surface area contributed by atoms with Crippen molar-refractivity contribution in [1.29, 1.82) is 0 Å². The second kappa shape index (κ2) is 5.26. The van der Waals surface area contributed by atoms with E-state index in [1.54, 1.807) is 18.5 Å². The predicted molar refractivity (Wildman–Crippen MR) is 82.3 cm³/mol. The minimum atomic E-state index is 0.252. The van der Waals surface area contributed by atoms with Crippen molar-refractivity contribution in [3.05, 3.63) is 52.2 Å². The van der Waals surface area contributed by atoms with E-state index in [0.717, 1.165) is 15.6 Å². The van der Waals surface area contributed by atoms with Gasteiger partial charge in [-0.15, -0.1) is 0 Å². The van der Waals surface area contributed by atoms with Crippen LogP contribution in [0, 0.1) is 0 Å². The second-order valence-electron chi connectivity index (χ2n) is 4.13. The molecule has 0 saturated carbocycles. The van der Waals surface area contributed by atoms with Crippen molar-refractivity contribution in [2.45, 2.75) is 0 Å². The zero-order valence-electron chi connectivity index (χ0n) is 10.2. The van der Waals surface area contributed by atoms with Gasteiger partial charge >= 0.3 is 0 Å². The summed E-state index contributed by atoms with van der Waals surface area (Å²) >= 11 is 9.67. The summed E-state index contributed by atoms with van der Waals surface area (Å²) in [5.41, 5.74) is 8.86. The third-order valence-electron chi connectivity index (χ3n) is 2.87. The maximum Gasteiger partial charge on any atom is 0.230 e. The predicted octanol–water partition coefficient (Wildman–Crippen LogP) is 4.40. The molecule has 0 aliphatic heterocycles. The van der Waals surface area contributed by atoms with E-state index in [2.05, 4.69) is 26.1 Å². The summed E-state index contributed by atoms with van der Waals surface area (Å²) in [6.07, 6.45) is 3.38. The van der Waals surface area contributed by atoms with E-state index in [4.69, 9.17) is 21.9 Å². The van der Waals surface area contributed by atoms with Gasteiger partial charge in [-0.05, 0) is 35.9 Å². The highest BCUT2D eigenvalue weighted by molar-refractivity contribution is 9.10. The molecule has 3 aromatic rings. The van der Waals surface area contributed by atoms with Crippen LogP contribution in [0.4, 0.5) is 5.88 Å². The summed E-state index contributed by atoms with van der Waals surface area (Å²) in [4.78, 5) is 3.99. The molecular formula is C14H9BrClN3O. The van der Waals surface area contributed by atoms with E-state index in [1.807, 2.05) is 24.3 Å². The maximum absolute atomic E-state index is 6.24. The van der Waals surface area contributed by atoms with Crippen LogP contribution in [0.5, 0.6) is 0 Å². The van der Waals surface area contributed by atoms with Gasteiger partial charge in [-0.2, -0.15) is 0 Å². The number of nitrogens with two attached hydrogens (primary N) is 1. The summed E-state index contributed by atoms with van der Waals surface area (Å²) in [6.45, 7) is 0. The Kier molecular flexibility index (Phi) is 3.46. The zero-order chi connectivity index (χ0) is 14.1. The number of nitrogen functional groups attached to an aromatic ring is 1. The molecule has 3 rings (SSSR count). The molecule has 0 amide bonds. The van der Waals surface area contributed by atoms with Gasteiger partial charge in [0.25, 0.3) is 0 Å². The van der Waals surface area contributed by atoms with Crippen molar-refractivity contribution in [3.8, 4) is 22.4 Å². The number of halogens is 2. The molecule has 0 aliphatic rings. The first kappa shape index (κ1) is 13.1. The van der Waals surface area contributed by atoms with Crippen molar-refractivity contribution in [2.24, 2.45) is 0 Å². The lowest BCUT2D eigenvalue weighted by atomic mass is 10.0. The topological polar surface area (TPSA) is 64.9 Å². The number of hydrogen-bond acceptors (Lipinski definition) is 4. The largest absolute Gasteiger partial charge is 0.367 e. The van der Waals surface area contributed by atoms with Gasteiger partial charge in [0, 0.05) is 22.4 Å². The maximum atomic E-state index is 6.24. The fraction of sp³-hybridized carbons (Fsp3) is 0. The van der Waals surface area contributed by atoms with Gasteiger partial charge in [-0.3, -0.25) is 4.98 Å². The molecule has 0 atom stereocenters. The molecule has 0 unspecified atom stereocenters. The highest BCUT2D eigenvalue weighted by atomic mass is 79.9. The summed E-state index contributed by atoms with van der Waals surface area (Å²) in [5.74, 6) is 0.252. The number of aromatic nitrogens is 2. The second-order valence-corrected chi connectivity index (χ2v) is 5.45. The van der Waals surface area contributed by atoms with Gasteiger partial charge < -0.3 is 10.3 Å². The molecule has 2 heterocycles. The van der Waals surface area contributed by atoms with E-state index in [0.29, 0.717) is 16.3 Å². The minimum absolute atomic E-state index is 0.252. The molecule has 0 saturated heterocycles. The molecular weight excluding hydrogens is 342 g/mol. The van der Waals surface area contributed by atoms with Crippen LogP contribution in [0.3, 0.4) is 0 Å². The SMILES string of the molecule is Nc1onc(-c2cc(Br)ccc2Cl)c1-c1ccncc1. The van der Waals surface area contributed by atoms with Crippen LogP contribution in [0.1, 0.15) is 0 Å². The number of nitrogens with zero attached hydrogens (tertiary/aromatic N) is 2.